The molecule has 1 aromatic rings. The Morgan fingerprint density at radius 1 is 1.50 bits per heavy atom. The third kappa shape index (κ3) is 4.19. The van der Waals surface area contributed by atoms with Crippen molar-refractivity contribution in [2.24, 2.45) is 11.7 Å². The first-order chi connectivity index (χ1) is 8.54. The van der Waals surface area contributed by atoms with Crippen molar-refractivity contribution >= 4 is 5.91 Å². The number of halogens is 1. The highest BCUT2D eigenvalue weighted by atomic mass is 19.1. The van der Waals surface area contributed by atoms with Crippen molar-refractivity contribution in [3.05, 3.63) is 35.1 Å². The van der Waals surface area contributed by atoms with E-state index in [-0.39, 0.29) is 30.7 Å². The second kappa shape index (κ2) is 6.77. The van der Waals surface area contributed by atoms with Crippen LogP contribution in [0.15, 0.2) is 18.2 Å². The van der Waals surface area contributed by atoms with Gasteiger partial charge in [0.1, 0.15) is 5.82 Å². The fourth-order valence-corrected chi connectivity index (χ4v) is 1.33. The Labute approximate surface area is 107 Å². The summed E-state index contributed by atoms with van der Waals surface area (Å²) < 4.78 is 13.5. The van der Waals surface area contributed by atoms with Gasteiger partial charge in [-0.15, -0.1) is 0 Å². The summed E-state index contributed by atoms with van der Waals surface area (Å²) in [6, 6.07) is 4.56. The van der Waals surface area contributed by atoms with E-state index >= 15 is 0 Å². The van der Waals surface area contributed by atoms with Crippen molar-refractivity contribution in [3.8, 4) is 11.8 Å². The topological polar surface area (TPSA) is 55.1 Å². The van der Waals surface area contributed by atoms with E-state index in [1.165, 1.54) is 6.07 Å². The van der Waals surface area contributed by atoms with Crippen LogP contribution in [0.5, 0.6) is 0 Å². The molecule has 3 N–H and O–H groups in total. The minimum Gasteiger partial charge on any atom is -0.352 e. The molecule has 0 aromatic heterocycles. The van der Waals surface area contributed by atoms with Crippen LogP contribution in [0.4, 0.5) is 4.39 Å². The van der Waals surface area contributed by atoms with Crippen molar-refractivity contribution in [1.29, 1.82) is 0 Å². The first-order valence-corrected chi connectivity index (χ1v) is 5.79. The summed E-state index contributed by atoms with van der Waals surface area (Å²) in [7, 11) is 0. The molecule has 1 rings (SSSR count). The summed E-state index contributed by atoms with van der Waals surface area (Å²) in [5.74, 6) is 4.96. The second-order valence-electron chi connectivity index (χ2n) is 4.18. The lowest BCUT2D eigenvalue weighted by atomic mass is 10.1. The highest BCUT2D eigenvalue weighted by molar-refractivity contribution is 5.77. The van der Waals surface area contributed by atoms with Crippen molar-refractivity contribution < 1.29 is 9.18 Å². The van der Waals surface area contributed by atoms with Crippen LogP contribution in [-0.4, -0.2) is 12.5 Å². The molecule has 3 nitrogen and oxygen atoms in total. The lowest BCUT2D eigenvalue weighted by molar-refractivity contribution is -0.124. The quantitative estimate of drug-likeness (QED) is 0.795. The van der Waals surface area contributed by atoms with Gasteiger partial charge in [0.15, 0.2) is 0 Å². The van der Waals surface area contributed by atoms with Gasteiger partial charge in [-0.25, -0.2) is 4.39 Å². The zero-order valence-corrected chi connectivity index (χ0v) is 10.6. The molecule has 0 aliphatic carbocycles. The molecule has 0 bridgehead atoms. The second-order valence-corrected chi connectivity index (χ2v) is 4.18. The van der Waals surface area contributed by atoms with Gasteiger partial charge in [-0.1, -0.05) is 25.7 Å². The van der Waals surface area contributed by atoms with Gasteiger partial charge >= 0.3 is 0 Å². The third-order valence-corrected chi connectivity index (χ3v) is 2.36. The van der Waals surface area contributed by atoms with Gasteiger partial charge < -0.3 is 11.1 Å². The number of nitrogens with one attached hydrogen (secondary N) is 1. The van der Waals surface area contributed by atoms with Crippen molar-refractivity contribution in [2.75, 3.05) is 6.54 Å². The van der Waals surface area contributed by atoms with Crippen LogP contribution >= 0.6 is 0 Å². The van der Waals surface area contributed by atoms with Crippen LogP contribution in [-0.2, 0) is 11.3 Å². The molecule has 0 saturated heterocycles. The minimum absolute atomic E-state index is 0.104. The van der Waals surface area contributed by atoms with Gasteiger partial charge in [0, 0.05) is 23.6 Å². The van der Waals surface area contributed by atoms with Gasteiger partial charge in [0.05, 0.1) is 6.54 Å². The van der Waals surface area contributed by atoms with E-state index in [4.69, 9.17) is 5.73 Å². The van der Waals surface area contributed by atoms with E-state index in [0.29, 0.717) is 11.1 Å². The van der Waals surface area contributed by atoms with Crippen LogP contribution in [0.1, 0.15) is 25.0 Å². The fraction of sp³-hybridized carbons (Fsp3) is 0.357. The lowest BCUT2D eigenvalue weighted by Gasteiger charge is -2.08. The standard InChI is InChI=1S/C14H17FN2O/c1-10(2)14(18)17-9-12-8-11(4-3-7-16)5-6-13(12)15/h5-6,8,10H,7,9,16H2,1-2H3,(H,17,18). The first kappa shape index (κ1) is 14.2. The summed E-state index contributed by atoms with van der Waals surface area (Å²) in [5.41, 5.74) is 6.39. The molecule has 0 atom stereocenters. The Morgan fingerprint density at radius 2 is 2.22 bits per heavy atom. The van der Waals surface area contributed by atoms with E-state index in [9.17, 15) is 9.18 Å². The van der Waals surface area contributed by atoms with Crippen LogP contribution in [0, 0.1) is 23.6 Å². The van der Waals surface area contributed by atoms with Crippen molar-refractivity contribution in [3.63, 3.8) is 0 Å². The van der Waals surface area contributed by atoms with E-state index in [2.05, 4.69) is 17.2 Å². The van der Waals surface area contributed by atoms with Gasteiger partial charge in [0.2, 0.25) is 5.91 Å². The van der Waals surface area contributed by atoms with Gasteiger partial charge in [-0.3, -0.25) is 4.79 Å². The van der Waals surface area contributed by atoms with Crippen LogP contribution in [0.3, 0.4) is 0 Å². The third-order valence-electron chi connectivity index (χ3n) is 2.36. The fourth-order valence-electron chi connectivity index (χ4n) is 1.33. The Kier molecular flexibility index (Phi) is 5.34. The van der Waals surface area contributed by atoms with E-state index in [1.54, 1.807) is 26.0 Å². The minimum atomic E-state index is -0.350. The highest BCUT2D eigenvalue weighted by Gasteiger charge is 2.08. The molecule has 0 unspecified atom stereocenters. The summed E-state index contributed by atoms with van der Waals surface area (Å²) >= 11 is 0. The number of hydrogen-bond donors (Lipinski definition) is 2. The maximum absolute atomic E-state index is 13.5. The predicted molar refractivity (Wildman–Crippen MR) is 69.0 cm³/mol. The van der Waals surface area contributed by atoms with Crippen LogP contribution in [0.2, 0.25) is 0 Å². The smallest absolute Gasteiger partial charge is 0.222 e. The molecule has 0 saturated carbocycles. The molecule has 0 radical (unpaired) electrons. The zero-order valence-electron chi connectivity index (χ0n) is 10.6. The number of hydrogen-bond acceptors (Lipinski definition) is 2. The summed E-state index contributed by atoms with van der Waals surface area (Å²) in [6.07, 6.45) is 0. The molecule has 1 amide bonds. The zero-order chi connectivity index (χ0) is 13.5. The van der Waals surface area contributed by atoms with Gasteiger partial charge in [0.25, 0.3) is 0 Å². The molecule has 4 heteroatoms. The van der Waals surface area contributed by atoms with E-state index in [1.807, 2.05) is 0 Å². The average molecular weight is 248 g/mol. The number of rotatable bonds is 3. The highest BCUT2D eigenvalue weighted by Crippen LogP contribution is 2.10. The molecular weight excluding hydrogens is 231 g/mol. The Balaban J connectivity index is 2.78. The Hall–Kier alpha value is -1.86. The molecule has 18 heavy (non-hydrogen) atoms. The number of carbonyl (C=O) groups excluding carboxylic acids is 1. The molecule has 0 fully saturated rings. The van der Waals surface area contributed by atoms with Crippen molar-refractivity contribution in [2.45, 2.75) is 20.4 Å². The predicted octanol–water partition coefficient (Wildman–Crippen LogP) is 1.41. The normalized spacial score (nSPS) is 9.83. The maximum Gasteiger partial charge on any atom is 0.222 e. The van der Waals surface area contributed by atoms with E-state index in [0.717, 1.165) is 0 Å². The van der Waals surface area contributed by atoms with Crippen LogP contribution in [0.25, 0.3) is 0 Å². The molecule has 96 valence electrons. The summed E-state index contributed by atoms with van der Waals surface area (Å²) in [6.45, 7) is 4.00. The molecule has 1 aromatic carbocycles. The summed E-state index contributed by atoms with van der Waals surface area (Å²) in [4.78, 5) is 11.4. The number of carbonyl (C=O) groups is 1. The van der Waals surface area contributed by atoms with Gasteiger partial charge in [-0.2, -0.15) is 0 Å². The number of amides is 1. The lowest BCUT2D eigenvalue weighted by Crippen LogP contribution is -2.27. The monoisotopic (exact) mass is 248 g/mol. The Morgan fingerprint density at radius 3 is 2.83 bits per heavy atom. The number of benzene rings is 1. The first-order valence-electron chi connectivity index (χ1n) is 5.79. The molecular formula is C14H17FN2O. The molecule has 0 heterocycles. The van der Waals surface area contributed by atoms with Crippen molar-refractivity contribution in [1.82, 2.24) is 5.32 Å². The van der Waals surface area contributed by atoms with Gasteiger partial charge in [-0.05, 0) is 18.2 Å². The molecule has 0 aliphatic heterocycles. The number of nitrogens with two attached hydrogens (primary N) is 1. The SMILES string of the molecule is CC(C)C(=O)NCc1cc(C#CCN)ccc1F. The Bertz CT molecular complexity index is 486. The average Bonchev–Trinajstić information content (AvgIpc) is 2.35. The molecule has 0 spiro atoms. The largest absolute Gasteiger partial charge is 0.352 e. The van der Waals surface area contributed by atoms with E-state index < -0.39 is 0 Å². The van der Waals surface area contributed by atoms with Crippen LogP contribution < -0.4 is 11.1 Å². The summed E-state index contributed by atoms with van der Waals surface area (Å²) in [5, 5.41) is 2.67. The maximum atomic E-state index is 13.5. The molecule has 0 aliphatic rings.